The summed E-state index contributed by atoms with van der Waals surface area (Å²) in [7, 11) is 6.49. The molecule has 1 saturated carbocycles. The van der Waals surface area contributed by atoms with E-state index in [1.54, 1.807) is 0 Å². The van der Waals surface area contributed by atoms with E-state index in [1.165, 1.54) is 38.8 Å². The minimum Gasteiger partial charge on any atom is -0.314 e. The van der Waals surface area contributed by atoms with E-state index in [2.05, 4.69) is 36.3 Å². The predicted octanol–water partition coefficient (Wildman–Crippen LogP) is 1.26. The number of hydrogen-bond acceptors (Lipinski definition) is 3. The van der Waals surface area contributed by atoms with Crippen molar-refractivity contribution in [2.75, 3.05) is 53.9 Å². The summed E-state index contributed by atoms with van der Waals surface area (Å²) < 4.78 is 0. The van der Waals surface area contributed by atoms with E-state index < -0.39 is 0 Å². The first-order chi connectivity index (χ1) is 7.68. The van der Waals surface area contributed by atoms with E-state index in [1.807, 2.05) is 0 Å². The minimum atomic E-state index is 0.978. The second kappa shape index (κ2) is 8.04. The van der Waals surface area contributed by atoms with Gasteiger partial charge in [-0.2, -0.15) is 0 Å². The second-order valence-electron chi connectivity index (χ2n) is 5.47. The van der Waals surface area contributed by atoms with Gasteiger partial charge in [0.2, 0.25) is 0 Å². The van der Waals surface area contributed by atoms with E-state index in [9.17, 15) is 0 Å². The van der Waals surface area contributed by atoms with Crippen molar-refractivity contribution in [3.8, 4) is 0 Å². The quantitative estimate of drug-likeness (QED) is 0.630. The van der Waals surface area contributed by atoms with Gasteiger partial charge in [0, 0.05) is 32.7 Å². The molecule has 1 N–H and O–H groups in total. The summed E-state index contributed by atoms with van der Waals surface area (Å²) in [5.41, 5.74) is 0. The lowest BCUT2D eigenvalue weighted by Gasteiger charge is -2.21. The normalized spacial score (nSPS) is 17.8. The Balaban J connectivity index is 1.91. The monoisotopic (exact) mass is 227 g/mol. The van der Waals surface area contributed by atoms with Crippen LogP contribution in [0.15, 0.2) is 0 Å². The molecule has 0 bridgehead atoms. The Morgan fingerprint density at radius 2 is 1.62 bits per heavy atom. The van der Waals surface area contributed by atoms with Crippen molar-refractivity contribution in [2.45, 2.75) is 25.7 Å². The van der Waals surface area contributed by atoms with Crippen LogP contribution in [0.5, 0.6) is 0 Å². The van der Waals surface area contributed by atoms with Crippen molar-refractivity contribution in [3.63, 3.8) is 0 Å². The molecule has 0 saturated heterocycles. The lowest BCUT2D eigenvalue weighted by molar-refractivity contribution is 0.276. The van der Waals surface area contributed by atoms with Gasteiger partial charge in [-0.1, -0.05) is 12.8 Å². The van der Waals surface area contributed by atoms with Crippen molar-refractivity contribution in [1.82, 2.24) is 15.1 Å². The van der Waals surface area contributed by atoms with Crippen LogP contribution in [0.2, 0.25) is 0 Å². The topological polar surface area (TPSA) is 18.5 Å². The highest BCUT2D eigenvalue weighted by atomic mass is 15.1. The fourth-order valence-electron chi connectivity index (χ4n) is 2.42. The smallest absolute Gasteiger partial charge is 0.0104 e. The van der Waals surface area contributed by atoms with Gasteiger partial charge in [0.05, 0.1) is 0 Å². The Bertz CT molecular complexity index is 165. The highest BCUT2D eigenvalue weighted by molar-refractivity contribution is 4.70. The SMILES string of the molecule is CN(C)CCNCCN(C)CC1CCCC1. The molecule has 0 aromatic carbocycles. The van der Waals surface area contributed by atoms with Crippen LogP contribution in [0.1, 0.15) is 25.7 Å². The van der Waals surface area contributed by atoms with Gasteiger partial charge in [0.25, 0.3) is 0 Å². The van der Waals surface area contributed by atoms with Crippen LogP contribution < -0.4 is 5.32 Å². The van der Waals surface area contributed by atoms with E-state index in [0.717, 1.165) is 25.6 Å². The number of likely N-dealkylation sites (N-methyl/N-ethyl adjacent to an activating group) is 2. The van der Waals surface area contributed by atoms with Crippen molar-refractivity contribution < 1.29 is 0 Å². The van der Waals surface area contributed by atoms with E-state index in [4.69, 9.17) is 0 Å². The average molecular weight is 227 g/mol. The van der Waals surface area contributed by atoms with Crippen LogP contribution in [0.25, 0.3) is 0 Å². The molecule has 1 fully saturated rings. The summed E-state index contributed by atoms with van der Waals surface area (Å²) in [6.45, 7) is 5.84. The van der Waals surface area contributed by atoms with Gasteiger partial charge in [0.15, 0.2) is 0 Å². The molecule has 0 aromatic heterocycles. The highest BCUT2D eigenvalue weighted by Crippen LogP contribution is 2.24. The second-order valence-corrected chi connectivity index (χ2v) is 5.47. The zero-order chi connectivity index (χ0) is 11.8. The summed E-state index contributed by atoms with van der Waals surface area (Å²) in [6.07, 6.45) is 5.83. The zero-order valence-corrected chi connectivity index (χ0v) is 11.3. The summed E-state index contributed by atoms with van der Waals surface area (Å²) >= 11 is 0. The fourth-order valence-corrected chi connectivity index (χ4v) is 2.42. The first kappa shape index (κ1) is 13.9. The van der Waals surface area contributed by atoms with Crippen molar-refractivity contribution in [2.24, 2.45) is 5.92 Å². The molecular formula is C13H29N3. The third-order valence-corrected chi connectivity index (χ3v) is 3.45. The number of hydrogen-bond donors (Lipinski definition) is 1. The molecule has 96 valence electrons. The Labute approximate surface area is 101 Å². The molecule has 0 unspecified atom stereocenters. The van der Waals surface area contributed by atoms with E-state index >= 15 is 0 Å². The number of rotatable bonds is 8. The molecule has 0 atom stereocenters. The molecule has 0 heterocycles. The molecular weight excluding hydrogens is 198 g/mol. The van der Waals surface area contributed by atoms with Crippen LogP contribution in [-0.2, 0) is 0 Å². The van der Waals surface area contributed by atoms with Crippen LogP contribution in [0.4, 0.5) is 0 Å². The lowest BCUT2D eigenvalue weighted by atomic mass is 10.1. The first-order valence-electron chi connectivity index (χ1n) is 6.72. The molecule has 0 aliphatic heterocycles. The molecule has 3 nitrogen and oxygen atoms in total. The summed E-state index contributed by atoms with van der Waals surface area (Å²) in [5, 5.41) is 3.49. The van der Waals surface area contributed by atoms with Gasteiger partial charge in [-0.25, -0.2) is 0 Å². The van der Waals surface area contributed by atoms with Crippen molar-refractivity contribution in [3.05, 3.63) is 0 Å². The van der Waals surface area contributed by atoms with Gasteiger partial charge in [-0.3, -0.25) is 0 Å². The first-order valence-corrected chi connectivity index (χ1v) is 6.72. The van der Waals surface area contributed by atoms with Crippen LogP contribution >= 0.6 is 0 Å². The largest absolute Gasteiger partial charge is 0.314 e. The summed E-state index contributed by atoms with van der Waals surface area (Å²) in [4.78, 5) is 4.70. The number of nitrogens with zero attached hydrogens (tertiary/aromatic N) is 2. The Kier molecular flexibility index (Phi) is 7.01. The standard InChI is InChI=1S/C13H29N3/c1-15(2)10-8-14-9-11-16(3)12-13-6-4-5-7-13/h13-14H,4-12H2,1-3H3. The fraction of sp³-hybridized carbons (Fsp3) is 1.00. The van der Waals surface area contributed by atoms with Gasteiger partial charge < -0.3 is 15.1 Å². The van der Waals surface area contributed by atoms with Gasteiger partial charge in [0.1, 0.15) is 0 Å². The van der Waals surface area contributed by atoms with E-state index in [0.29, 0.717) is 0 Å². The third kappa shape index (κ3) is 6.46. The van der Waals surface area contributed by atoms with Crippen LogP contribution in [0.3, 0.4) is 0 Å². The molecule has 1 aliphatic rings. The third-order valence-electron chi connectivity index (χ3n) is 3.45. The van der Waals surface area contributed by atoms with Gasteiger partial charge in [-0.05, 0) is 39.9 Å². The highest BCUT2D eigenvalue weighted by Gasteiger charge is 2.16. The predicted molar refractivity (Wildman–Crippen MR) is 70.9 cm³/mol. The van der Waals surface area contributed by atoms with Crippen molar-refractivity contribution in [1.29, 1.82) is 0 Å². The van der Waals surface area contributed by atoms with Gasteiger partial charge >= 0.3 is 0 Å². The number of nitrogens with one attached hydrogen (secondary N) is 1. The Morgan fingerprint density at radius 3 is 2.25 bits per heavy atom. The lowest BCUT2D eigenvalue weighted by Crippen LogP contribution is -2.34. The molecule has 0 aromatic rings. The van der Waals surface area contributed by atoms with Crippen LogP contribution in [-0.4, -0.2) is 63.7 Å². The van der Waals surface area contributed by atoms with Crippen LogP contribution in [0, 0.1) is 5.92 Å². The average Bonchev–Trinajstić information content (AvgIpc) is 2.69. The maximum atomic E-state index is 3.49. The summed E-state index contributed by atoms with van der Waals surface area (Å²) in [5.74, 6) is 0.978. The minimum absolute atomic E-state index is 0.978. The molecule has 0 spiro atoms. The zero-order valence-electron chi connectivity index (χ0n) is 11.3. The van der Waals surface area contributed by atoms with E-state index in [-0.39, 0.29) is 0 Å². The molecule has 1 rings (SSSR count). The van der Waals surface area contributed by atoms with Crippen molar-refractivity contribution >= 4 is 0 Å². The Hall–Kier alpha value is -0.120. The molecule has 0 radical (unpaired) electrons. The molecule has 3 heteroatoms. The maximum Gasteiger partial charge on any atom is 0.0104 e. The maximum absolute atomic E-state index is 3.49. The Morgan fingerprint density at radius 1 is 1.00 bits per heavy atom. The molecule has 16 heavy (non-hydrogen) atoms. The molecule has 0 amide bonds. The molecule has 1 aliphatic carbocycles. The summed E-state index contributed by atoms with van der Waals surface area (Å²) in [6, 6.07) is 0. The van der Waals surface area contributed by atoms with Gasteiger partial charge in [-0.15, -0.1) is 0 Å².